The third-order valence-electron chi connectivity index (χ3n) is 11.3. The number of aliphatic hydroxyl groups is 5. The number of carbonyl (C=O) groups is 2. The Labute approximate surface area is 297 Å². The second kappa shape index (κ2) is 17.2. The summed E-state index contributed by atoms with van der Waals surface area (Å²) in [6, 6.07) is -0.320. The summed E-state index contributed by atoms with van der Waals surface area (Å²) in [4.78, 5) is 29.7. The maximum absolute atomic E-state index is 14.0. The van der Waals surface area contributed by atoms with Crippen LogP contribution >= 0.6 is 0 Å². The standard InChI is InChI=1S/C36H65NO13/c1-13-25-36(9,44)31(41)19(4)27(38)17(2)16-35(8,43)32(50-34-29(40)23(37(10)11)14-18(3)46-34)20(5)30(21(6)33(42)48-25)49-26-15-24(45-12)28(39)22(7)47-26/h17-26,28-32,34,39-41,43-44H,13-16H2,1-12H3/t17-,18?,19+,20+,21-,22?,23?,24?,25-,26?,28?,29?,30+,31-,32-,34?,35-,36-/m1/s1. The van der Waals surface area contributed by atoms with Gasteiger partial charge in [-0.15, -0.1) is 0 Å². The number of aliphatic hydroxyl groups excluding tert-OH is 3. The second-order valence-electron chi connectivity index (χ2n) is 15.8. The van der Waals surface area contributed by atoms with Gasteiger partial charge in [0.25, 0.3) is 0 Å². The zero-order valence-corrected chi connectivity index (χ0v) is 32.0. The van der Waals surface area contributed by atoms with E-state index in [1.165, 1.54) is 27.9 Å². The van der Waals surface area contributed by atoms with Crippen LogP contribution in [0.1, 0.15) is 88.0 Å². The fourth-order valence-corrected chi connectivity index (χ4v) is 8.15. The molecule has 0 aromatic carbocycles. The van der Waals surface area contributed by atoms with E-state index in [0.717, 1.165) is 0 Å². The molecule has 0 bridgehead atoms. The molecule has 0 aliphatic carbocycles. The molecular weight excluding hydrogens is 654 g/mol. The molecule has 3 rings (SSSR count). The van der Waals surface area contributed by atoms with Crippen LogP contribution in [0.3, 0.4) is 0 Å². The van der Waals surface area contributed by atoms with Crippen molar-refractivity contribution in [1.29, 1.82) is 0 Å². The molecule has 3 aliphatic heterocycles. The number of cyclic esters (lactones) is 1. The van der Waals surface area contributed by atoms with Crippen LogP contribution in [-0.4, -0.2) is 148 Å². The van der Waals surface area contributed by atoms with Crippen molar-refractivity contribution >= 4 is 11.8 Å². The number of ketones is 1. The average Bonchev–Trinajstić information content (AvgIpc) is 3.04. The summed E-state index contributed by atoms with van der Waals surface area (Å²) >= 11 is 0. The number of ether oxygens (including phenoxy) is 6. The van der Waals surface area contributed by atoms with Crippen molar-refractivity contribution in [2.75, 3.05) is 21.2 Å². The summed E-state index contributed by atoms with van der Waals surface area (Å²) < 4.78 is 36.7. The van der Waals surface area contributed by atoms with Crippen LogP contribution in [0.25, 0.3) is 0 Å². The van der Waals surface area contributed by atoms with Crippen LogP contribution in [0.5, 0.6) is 0 Å². The van der Waals surface area contributed by atoms with Crippen LogP contribution in [-0.2, 0) is 38.0 Å². The van der Waals surface area contributed by atoms with Crippen LogP contribution < -0.4 is 0 Å². The summed E-state index contributed by atoms with van der Waals surface area (Å²) in [5.41, 5.74) is -3.77. The summed E-state index contributed by atoms with van der Waals surface area (Å²) in [6.45, 7) is 14.6. The van der Waals surface area contributed by atoms with Gasteiger partial charge in [-0.05, 0) is 68.0 Å². The second-order valence-corrected chi connectivity index (χ2v) is 15.8. The Morgan fingerprint density at radius 3 is 2.08 bits per heavy atom. The Balaban J connectivity index is 2.16. The highest BCUT2D eigenvalue weighted by Gasteiger charge is 2.52. The fourth-order valence-electron chi connectivity index (χ4n) is 8.15. The third-order valence-corrected chi connectivity index (χ3v) is 11.3. The SMILES string of the molecule is CC[C@H]1OC(=O)[C@H](C)[C@@H](OC2CC(OC)C(O)C(C)O2)[C@H](C)[C@@H](OC2OC(C)CC(N(C)C)C2O)[C@](C)(O)C[C@@H](C)C(=O)[C@H](C)[C@@H](O)[C@]1(C)O. The van der Waals surface area contributed by atoms with Gasteiger partial charge in [0.05, 0.1) is 48.1 Å². The van der Waals surface area contributed by atoms with Gasteiger partial charge in [0.2, 0.25) is 0 Å². The van der Waals surface area contributed by atoms with E-state index >= 15 is 0 Å². The van der Waals surface area contributed by atoms with Gasteiger partial charge in [-0.2, -0.15) is 0 Å². The van der Waals surface area contributed by atoms with Crippen molar-refractivity contribution in [3.05, 3.63) is 0 Å². The molecule has 18 atom stereocenters. The van der Waals surface area contributed by atoms with Crippen molar-refractivity contribution < 1.29 is 63.5 Å². The quantitative estimate of drug-likeness (QED) is 0.237. The van der Waals surface area contributed by atoms with Crippen molar-refractivity contribution in [3.63, 3.8) is 0 Å². The monoisotopic (exact) mass is 719 g/mol. The molecule has 8 unspecified atom stereocenters. The molecule has 3 fully saturated rings. The molecule has 0 radical (unpaired) electrons. The molecule has 14 nitrogen and oxygen atoms in total. The molecule has 0 aromatic rings. The molecule has 3 heterocycles. The smallest absolute Gasteiger partial charge is 0.311 e. The zero-order chi connectivity index (χ0) is 38.0. The molecule has 0 amide bonds. The predicted molar refractivity (Wildman–Crippen MR) is 182 cm³/mol. The maximum Gasteiger partial charge on any atom is 0.311 e. The van der Waals surface area contributed by atoms with Crippen LogP contribution in [0.15, 0.2) is 0 Å². The first-order valence-corrected chi connectivity index (χ1v) is 18.1. The number of likely N-dealkylation sites (N-methyl/N-ethyl adjacent to an activating group) is 1. The van der Waals surface area contributed by atoms with E-state index in [0.29, 0.717) is 6.42 Å². The van der Waals surface area contributed by atoms with E-state index in [-0.39, 0.29) is 31.4 Å². The Morgan fingerprint density at radius 1 is 0.900 bits per heavy atom. The number of esters is 1. The van der Waals surface area contributed by atoms with Gasteiger partial charge < -0.3 is 58.9 Å². The highest BCUT2D eigenvalue weighted by molar-refractivity contribution is 5.83. The number of rotatable bonds is 7. The number of hydrogen-bond acceptors (Lipinski definition) is 14. The molecule has 292 valence electrons. The predicted octanol–water partition coefficient (Wildman–Crippen LogP) is 1.40. The van der Waals surface area contributed by atoms with E-state index in [1.807, 2.05) is 25.9 Å². The van der Waals surface area contributed by atoms with E-state index in [2.05, 4.69) is 0 Å². The Bertz CT molecular complexity index is 1120. The van der Waals surface area contributed by atoms with Crippen molar-refractivity contribution in [1.82, 2.24) is 4.90 Å². The minimum Gasteiger partial charge on any atom is -0.459 e. The summed E-state index contributed by atoms with van der Waals surface area (Å²) in [5.74, 6) is -4.94. The molecule has 3 saturated heterocycles. The molecule has 0 spiro atoms. The summed E-state index contributed by atoms with van der Waals surface area (Å²) in [7, 11) is 5.17. The fraction of sp³-hybridized carbons (Fsp3) is 0.944. The van der Waals surface area contributed by atoms with E-state index in [1.54, 1.807) is 34.6 Å². The zero-order valence-electron chi connectivity index (χ0n) is 32.0. The highest BCUT2D eigenvalue weighted by Crippen LogP contribution is 2.39. The van der Waals surface area contributed by atoms with Crippen molar-refractivity contribution in [3.8, 4) is 0 Å². The lowest BCUT2D eigenvalue weighted by atomic mass is 9.74. The molecule has 14 heteroatoms. The number of methoxy groups -OCH3 is 1. The van der Waals surface area contributed by atoms with Crippen molar-refractivity contribution in [2.45, 2.75) is 173 Å². The van der Waals surface area contributed by atoms with E-state index in [9.17, 15) is 35.1 Å². The van der Waals surface area contributed by atoms with Crippen LogP contribution in [0, 0.1) is 23.7 Å². The summed E-state index contributed by atoms with van der Waals surface area (Å²) in [6.07, 6.45) is -10.1. The van der Waals surface area contributed by atoms with Gasteiger partial charge in [-0.25, -0.2) is 0 Å². The lowest BCUT2D eigenvalue weighted by molar-refractivity contribution is -0.311. The molecule has 50 heavy (non-hydrogen) atoms. The first-order chi connectivity index (χ1) is 23.1. The van der Waals surface area contributed by atoms with Gasteiger partial charge in [0, 0.05) is 37.3 Å². The van der Waals surface area contributed by atoms with Gasteiger partial charge in [-0.1, -0.05) is 27.7 Å². The molecule has 0 saturated carbocycles. The molecule has 5 N–H and O–H groups in total. The van der Waals surface area contributed by atoms with Gasteiger partial charge in [0.15, 0.2) is 12.6 Å². The Morgan fingerprint density at radius 2 is 1.52 bits per heavy atom. The van der Waals surface area contributed by atoms with Gasteiger partial charge in [-0.3, -0.25) is 9.59 Å². The minimum absolute atomic E-state index is 0.128. The Hall–Kier alpha value is -1.30. The highest BCUT2D eigenvalue weighted by atomic mass is 16.7. The van der Waals surface area contributed by atoms with E-state index < -0.39 is 108 Å². The molecule has 3 aliphatic rings. The normalized spacial score (nSPS) is 49.0. The summed E-state index contributed by atoms with van der Waals surface area (Å²) in [5, 5.41) is 57.2. The average molecular weight is 720 g/mol. The van der Waals surface area contributed by atoms with Crippen molar-refractivity contribution in [2.24, 2.45) is 23.7 Å². The number of nitrogens with zero attached hydrogens (tertiary/aromatic N) is 1. The largest absolute Gasteiger partial charge is 0.459 e. The van der Waals surface area contributed by atoms with Gasteiger partial charge >= 0.3 is 5.97 Å². The number of carbonyl (C=O) groups excluding carboxylic acids is 2. The molecular formula is C36H65NO13. The van der Waals surface area contributed by atoms with Crippen LogP contribution in [0.2, 0.25) is 0 Å². The van der Waals surface area contributed by atoms with Crippen LogP contribution in [0.4, 0.5) is 0 Å². The molecule has 0 aromatic heterocycles. The number of Topliss-reactive ketones (excluding diaryl/α,β-unsaturated/α-hetero) is 1. The minimum atomic E-state index is -1.99. The lowest BCUT2D eigenvalue weighted by Crippen LogP contribution is -2.60. The van der Waals surface area contributed by atoms with Gasteiger partial charge in [0.1, 0.15) is 29.7 Å². The first kappa shape index (κ1) is 43.1. The number of hydrogen-bond donors (Lipinski definition) is 5. The topological polar surface area (TPSA) is 194 Å². The third kappa shape index (κ3) is 9.43. The maximum atomic E-state index is 14.0. The Kier molecular flexibility index (Phi) is 14.9. The lowest BCUT2D eigenvalue weighted by Gasteiger charge is -2.48. The first-order valence-electron chi connectivity index (χ1n) is 18.1. The van der Waals surface area contributed by atoms with E-state index in [4.69, 9.17) is 28.4 Å².